The Hall–Kier alpha value is -1.54. The Balaban J connectivity index is 1.45. The molecular weight excluding hydrogens is 394 g/mol. The van der Waals surface area contributed by atoms with Crippen LogP contribution in [-0.4, -0.2) is 48.3 Å². The summed E-state index contributed by atoms with van der Waals surface area (Å²) in [5.74, 6) is 0.806. The van der Waals surface area contributed by atoms with Crippen LogP contribution in [0.15, 0.2) is 23.2 Å². The maximum atomic E-state index is 12.7. The van der Waals surface area contributed by atoms with Gasteiger partial charge in [-0.2, -0.15) is 0 Å². The molecule has 152 valence electrons. The van der Waals surface area contributed by atoms with E-state index in [0.29, 0.717) is 11.5 Å². The van der Waals surface area contributed by atoms with Crippen molar-refractivity contribution in [3.8, 4) is 0 Å². The summed E-state index contributed by atoms with van der Waals surface area (Å²) < 4.78 is 23.4. The summed E-state index contributed by atoms with van der Waals surface area (Å²) in [4.78, 5) is 17.3. The number of rotatable bonds is 3. The van der Waals surface area contributed by atoms with Gasteiger partial charge in [-0.3, -0.25) is 9.79 Å². The number of nitrogens with one attached hydrogen (secondary N) is 2. The first-order valence-corrected chi connectivity index (χ1v) is 12.6. The quantitative estimate of drug-likeness (QED) is 0.783. The molecule has 4 rings (SSSR count). The van der Waals surface area contributed by atoms with Crippen LogP contribution in [0.25, 0.3) is 0 Å². The molecule has 0 bridgehead atoms. The highest BCUT2D eigenvalue weighted by molar-refractivity contribution is 8.15. The summed E-state index contributed by atoms with van der Waals surface area (Å²) in [6.45, 7) is 4.19. The first-order chi connectivity index (χ1) is 13.3. The van der Waals surface area contributed by atoms with Gasteiger partial charge in [0.15, 0.2) is 15.0 Å². The summed E-state index contributed by atoms with van der Waals surface area (Å²) in [6, 6.07) is 5.75. The lowest BCUT2D eigenvalue weighted by atomic mass is 9.86. The molecule has 3 aliphatic rings. The number of anilines is 1. The molecular formula is C20H27N3O3S2. The minimum atomic E-state index is -2.96. The summed E-state index contributed by atoms with van der Waals surface area (Å²) in [7, 11) is -2.96. The van der Waals surface area contributed by atoms with Crippen LogP contribution in [0.3, 0.4) is 0 Å². The minimum Gasteiger partial charge on any atom is -0.349 e. The normalized spacial score (nSPS) is 31.1. The zero-order valence-electron chi connectivity index (χ0n) is 16.3. The molecule has 1 saturated heterocycles. The number of thioether (sulfide) groups is 1. The Kier molecular flexibility index (Phi) is 5.44. The molecule has 28 heavy (non-hydrogen) atoms. The van der Waals surface area contributed by atoms with Gasteiger partial charge in [-0.05, 0) is 43.4 Å². The average Bonchev–Trinajstić information content (AvgIpc) is 3.11. The summed E-state index contributed by atoms with van der Waals surface area (Å²) >= 11 is 1.49. The van der Waals surface area contributed by atoms with Gasteiger partial charge in [0, 0.05) is 22.5 Å². The first kappa shape index (κ1) is 19.8. The van der Waals surface area contributed by atoms with Gasteiger partial charge in [0.1, 0.15) is 0 Å². The molecule has 0 spiro atoms. The fourth-order valence-corrected chi connectivity index (χ4v) is 7.88. The topological polar surface area (TPSA) is 87.6 Å². The van der Waals surface area contributed by atoms with E-state index in [0.717, 1.165) is 22.8 Å². The van der Waals surface area contributed by atoms with E-state index in [1.165, 1.54) is 31.0 Å². The molecule has 6 nitrogen and oxygen atoms in total. The van der Waals surface area contributed by atoms with Crippen LogP contribution in [0.4, 0.5) is 5.69 Å². The van der Waals surface area contributed by atoms with Crippen molar-refractivity contribution in [2.45, 2.75) is 56.9 Å². The maximum Gasteiger partial charge on any atom is 0.251 e. The lowest BCUT2D eigenvalue weighted by molar-refractivity contribution is 0.0910. The van der Waals surface area contributed by atoms with E-state index in [1.807, 2.05) is 25.1 Å². The summed E-state index contributed by atoms with van der Waals surface area (Å²) in [5, 5.41) is 7.26. The molecule has 2 N–H and O–H groups in total. The number of carbonyl (C=O) groups is 1. The van der Waals surface area contributed by atoms with E-state index in [4.69, 9.17) is 0 Å². The Morgan fingerprint density at radius 2 is 2.00 bits per heavy atom. The molecule has 2 heterocycles. The van der Waals surface area contributed by atoms with Gasteiger partial charge < -0.3 is 10.6 Å². The number of carbonyl (C=O) groups excluding carboxylic acids is 1. The van der Waals surface area contributed by atoms with Gasteiger partial charge in [0.05, 0.1) is 17.5 Å². The number of benzene rings is 1. The Labute approximate surface area is 170 Å². The third-order valence-corrected chi connectivity index (χ3v) is 9.13. The second-order valence-corrected chi connectivity index (χ2v) is 11.6. The number of aliphatic imine (C=N–C) groups is 1. The fourth-order valence-electron chi connectivity index (χ4n) is 4.21. The van der Waals surface area contributed by atoms with Gasteiger partial charge in [0.2, 0.25) is 0 Å². The van der Waals surface area contributed by atoms with Crippen molar-refractivity contribution < 1.29 is 13.2 Å². The van der Waals surface area contributed by atoms with E-state index < -0.39 is 9.84 Å². The SMILES string of the molecule is Cc1ccc(C(=O)NC2CCCCC2C)cc1NC1=NC2CS(=O)(=O)CC2S1. The van der Waals surface area contributed by atoms with Crippen LogP contribution in [0, 0.1) is 12.8 Å². The van der Waals surface area contributed by atoms with Gasteiger partial charge in [-0.1, -0.05) is 37.6 Å². The number of hydrogen-bond donors (Lipinski definition) is 2. The van der Waals surface area contributed by atoms with Crippen LogP contribution >= 0.6 is 11.8 Å². The second-order valence-electron chi connectivity index (χ2n) is 8.23. The molecule has 8 heteroatoms. The highest BCUT2D eigenvalue weighted by Gasteiger charge is 2.42. The van der Waals surface area contributed by atoms with Crippen molar-refractivity contribution >= 4 is 38.4 Å². The van der Waals surface area contributed by atoms with Crippen molar-refractivity contribution in [3.05, 3.63) is 29.3 Å². The maximum absolute atomic E-state index is 12.7. The zero-order chi connectivity index (χ0) is 19.9. The molecule has 4 atom stereocenters. The molecule has 1 saturated carbocycles. The molecule has 2 fully saturated rings. The van der Waals surface area contributed by atoms with Gasteiger partial charge in [-0.25, -0.2) is 8.42 Å². The third kappa shape index (κ3) is 4.22. The second kappa shape index (κ2) is 7.71. The number of amides is 1. The molecule has 1 aromatic carbocycles. The number of aryl methyl sites for hydroxylation is 1. The molecule has 1 aromatic rings. The standard InChI is InChI=1S/C20H27N3O3S2/c1-12-5-3-4-6-15(12)21-19(24)14-8-7-13(2)16(9-14)22-20-23-17-10-28(25,26)11-18(17)27-20/h7-9,12,15,17-18H,3-6,10-11H2,1-2H3,(H,21,24)(H,22,23). The lowest BCUT2D eigenvalue weighted by Crippen LogP contribution is -2.41. The van der Waals surface area contributed by atoms with E-state index in [9.17, 15) is 13.2 Å². The van der Waals surface area contributed by atoms with E-state index in [2.05, 4.69) is 22.5 Å². The first-order valence-electron chi connectivity index (χ1n) is 9.94. The van der Waals surface area contributed by atoms with Crippen molar-refractivity contribution in [2.24, 2.45) is 10.9 Å². The fraction of sp³-hybridized carbons (Fsp3) is 0.600. The molecule has 0 radical (unpaired) electrons. The molecule has 0 aromatic heterocycles. The van der Waals surface area contributed by atoms with Crippen molar-refractivity contribution in [2.75, 3.05) is 16.8 Å². The van der Waals surface area contributed by atoms with Crippen LogP contribution < -0.4 is 10.6 Å². The van der Waals surface area contributed by atoms with Crippen molar-refractivity contribution in [3.63, 3.8) is 0 Å². The Morgan fingerprint density at radius 1 is 1.21 bits per heavy atom. The number of nitrogens with zero attached hydrogens (tertiary/aromatic N) is 1. The Bertz CT molecular complexity index is 913. The number of fused-ring (bicyclic) bond motifs is 1. The van der Waals surface area contributed by atoms with Crippen LogP contribution in [0.5, 0.6) is 0 Å². The summed E-state index contributed by atoms with van der Waals surface area (Å²) in [6.07, 6.45) is 4.63. The van der Waals surface area contributed by atoms with E-state index in [1.54, 1.807) is 0 Å². The number of hydrogen-bond acceptors (Lipinski definition) is 6. The third-order valence-electron chi connectivity index (χ3n) is 5.99. The van der Waals surface area contributed by atoms with Crippen molar-refractivity contribution in [1.82, 2.24) is 5.32 Å². The van der Waals surface area contributed by atoms with E-state index in [-0.39, 0.29) is 34.7 Å². The number of sulfone groups is 1. The molecule has 4 unspecified atom stereocenters. The highest BCUT2D eigenvalue weighted by atomic mass is 32.2. The van der Waals surface area contributed by atoms with E-state index >= 15 is 0 Å². The smallest absolute Gasteiger partial charge is 0.251 e. The molecule has 1 aliphatic carbocycles. The van der Waals surface area contributed by atoms with Crippen LogP contribution in [-0.2, 0) is 9.84 Å². The molecule has 2 aliphatic heterocycles. The van der Waals surface area contributed by atoms with Gasteiger partial charge in [0.25, 0.3) is 5.91 Å². The van der Waals surface area contributed by atoms with Crippen LogP contribution in [0.2, 0.25) is 0 Å². The number of amidine groups is 1. The minimum absolute atomic E-state index is 0.00655. The van der Waals surface area contributed by atoms with Gasteiger partial charge >= 0.3 is 0 Å². The predicted octanol–water partition coefficient (Wildman–Crippen LogP) is 2.98. The Morgan fingerprint density at radius 3 is 2.75 bits per heavy atom. The van der Waals surface area contributed by atoms with Crippen molar-refractivity contribution in [1.29, 1.82) is 0 Å². The monoisotopic (exact) mass is 421 g/mol. The van der Waals surface area contributed by atoms with Gasteiger partial charge in [-0.15, -0.1) is 0 Å². The average molecular weight is 422 g/mol. The zero-order valence-corrected chi connectivity index (χ0v) is 17.9. The molecule has 1 amide bonds. The largest absolute Gasteiger partial charge is 0.349 e. The van der Waals surface area contributed by atoms with Crippen LogP contribution in [0.1, 0.15) is 48.5 Å². The summed E-state index contributed by atoms with van der Waals surface area (Å²) in [5.41, 5.74) is 2.51. The predicted molar refractivity (Wildman–Crippen MR) is 115 cm³/mol. The lowest BCUT2D eigenvalue weighted by Gasteiger charge is -2.29. The highest BCUT2D eigenvalue weighted by Crippen LogP contribution is 2.35.